The van der Waals surface area contributed by atoms with Crippen molar-refractivity contribution in [2.24, 2.45) is 5.41 Å². The molecule has 7 nitrogen and oxygen atoms in total. The van der Waals surface area contributed by atoms with Gasteiger partial charge in [0.1, 0.15) is 6.61 Å². The number of amides is 3. The molecule has 1 aliphatic rings. The Bertz CT molecular complexity index is 1060. The summed E-state index contributed by atoms with van der Waals surface area (Å²) < 4.78 is 11.5. The van der Waals surface area contributed by atoms with Crippen LogP contribution < -0.4 is 5.32 Å². The van der Waals surface area contributed by atoms with Crippen LogP contribution in [-0.2, 0) is 25.7 Å². The van der Waals surface area contributed by atoms with E-state index >= 15 is 0 Å². The summed E-state index contributed by atoms with van der Waals surface area (Å²) in [7, 11) is 0. The number of nitrogens with one attached hydrogen (secondary N) is 1. The predicted molar refractivity (Wildman–Crippen MR) is 138 cm³/mol. The van der Waals surface area contributed by atoms with Crippen LogP contribution in [-0.4, -0.2) is 35.1 Å². The molecule has 1 heterocycles. The first-order valence-electron chi connectivity index (χ1n) is 12.4. The molecule has 1 aliphatic heterocycles. The zero-order chi connectivity index (χ0) is 26.3. The van der Waals surface area contributed by atoms with Crippen molar-refractivity contribution < 1.29 is 23.9 Å². The fourth-order valence-corrected chi connectivity index (χ4v) is 4.48. The smallest absolute Gasteiger partial charge is 0.335 e. The van der Waals surface area contributed by atoms with Crippen LogP contribution in [0.5, 0.6) is 0 Å². The molecule has 3 rings (SSSR count). The molecule has 0 aromatic heterocycles. The minimum Gasteiger partial charge on any atom is -0.459 e. The highest BCUT2D eigenvalue weighted by Crippen LogP contribution is 2.46. The van der Waals surface area contributed by atoms with Gasteiger partial charge in [0, 0.05) is 0 Å². The van der Waals surface area contributed by atoms with Crippen molar-refractivity contribution in [2.45, 2.75) is 71.9 Å². The predicted octanol–water partition coefficient (Wildman–Crippen LogP) is 5.45. The largest absolute Gasteiger partial charge is 0.459 e. The van der Waals surface area contributed by atoms with E-state index in [0.717, 1.165) is 21.6 Å². The third-order valence-electron chi connectivity index (χ3n) is 6.90. The van der Waals surface area contributed by atoms with Gasteiger partial charge in [-0.3, -0.25) is 4.79 Å². The first-order chi connectivity index (χ1) is 17.3. The van der Waals surface area contributed by atoms with E-state index in [0.29, 0.717) is 19.3 Å². The molecule has 3 atom stereocenters. The third-order valence-corrected chi connectivity index (χ3v) is 6.90. The van der Waals surface area contributed by atoms with E-state index in [1.54, 1.807) is 13.0 Å². The Morgan fingerprint density at radius 2 is 1.75 bits per heavy atom. The van der Waals surface area contributed by atoms with Gasteiger partial charge >= 0.3 is 12.0 Å². The molecule has 3 amide bonds. The number of likely N-dealkylation sites (tertiary alicyclic amines) is 1. The van der Waals surface area contributed by atoms with Crippen LogP contribution in [0.2, 0.25) is 0 Å². The number of β-lactam (4-membered cyclic amide) rings is 1. The number of ether oxygens (including phenoxy) is 2. The molecule has 0 bridgehead atoms. The number of imide groups is 1. The molecular weight excluding hydrogens is 456 g/mol. The topological polar surface area (TPSA) is 84.9 Å². The molecular formula is C29H36N2O5. The lowest BCUT2D eigenvalue weighted by atomic mass is 9.72. The van der Waals surface area contributed by atoms with Crippen molar-refractivity contribution in [3.05, 3.63) is 83.9 Å². The van der Waals surface area contributed by atoms with Crippen molar-refractivity contribution in [3.8, 4) is 0 Å². The van der Waals surface area contributed by atoms with E-state index in [9.17, 15) is 14.4 Å². The van der Waals surface area contributed by atoms with Crippen molar-refractivity contribution in [1.29, 1.82) is 0 Å². The van der Waals surface area contributed by atoms with Crippen LogP contribution in [0, 0.1) is 12.3 Å². The van der Waals surface area contributed by atoms with Crippen molar-refractivity contribution in [2.75, 3.05) is 0 Å². The fourth-order valence-electron chi connectivity index (χ4n) is 4.48. The van der Waals surface area contributed by atoms with Gasteiger partial charge in [0.15, 0.2) is 12.3 Å². The summed E-state index contributed by atoms with van der Waals surface area (Å²) in [4.78, 5) is 40.3. The number of rotatable bonds is 11. The molecule has 2 aromatic carbocycles. The highest BCUT2D eigenvalue weighted by molar-refractivity contribution is 6.03. The Morgan fingerprint density at radius 3 is 2.33 bits per heavy atom. The van der Waals surface area contributed by atoms with Gasteiger partial charge in [-0.2, -0.15) is 0 Å². The average Bonchev–Trinajstić information content (AvgIpc) is 2.88. The minimum absolute atomic E-state index is 0.119. The number of carbonyl (C=O) groups is 3. The Hall–Kier alpha value is -3.45. The van der Waals surface area contributed by atoms with Crippen LogP contribution in [0.1, 0.15) is 62.8 Å². The number of esters is 1. The monoisotopic (exact) mass is 492 g/mol. The second kappa shape index (κ2) is 12.0. The van der Waals surface area contributed by atoms with E-state index < -0.39 is 29.7 Å². The molecule has 36 heavy (non-hydrogen) atoms. The van der Waals surface area contributed by atoms with Gasteiger partial charge in [0.25, 0.3) is 0 Å². The number of aryl methyl sites for hydroxylation is 1. The first kappa shape index (κ1) is 27.1. The molecule has 1 fully saturated rings. The average molecular weight is 493 g/mol. The lowest BCUT2D eigenvalue weighted by molar-refractivity contribution is -0.225. The van der Waals surface area contributed by atoms with Crippen LogP contribution >= 0.6 is 0 Å². The van der Waals surface area contributed by atoms with Crippen LogP contribution in [0.25, 0.3) is 0 Å². The maximum Gasteiger partial charge on any atom is 0.335 e. The standard InChI is InChI=1S/C29H36N2O5/c1-6-12-24(23-17-15-20(4)16-18-23)30-28(34)31-26(33)29(7-2,8-3)27(31)36-21(5)25(32)35-19-22-13-10-9-11-14-22/h6,9-11,13-18,21,24,27H,1,7-8,12,19H2,2-5H3,(H,30,34)/t21-,24?,27?/m0/s1. The Labute approximate surface area is 213 Å². The molecule has 0 saturated carbocycles. The summed E-state index contributed by atoms with van der Waals surface area (Å²) in [6.45, 7) is 11.3. The van der Waals surface area contributed by atoms with Crippen molar-refractivity contribution >= 4 is 17.9 Å². The maximum atomic E-state index is 13.3. The number of hydrogen-bond donors (Lipinski definition) is 1. The SMILES string of the molecule is C=CCC(NC(=O)N1C(=O)C(CC)(CC)C1O[C@@H](C)C(=O)OCc1ccccc1)c1ccc(C)cc1. The Morgan fingerprint density at radius 1 is 1.11 bits per heavy atom. The fraction of sp³-hybridized carbons (Fsp3) is 0.414. The van der Waals surface area contributed by atoms with Gasteiger partial charge in [0.05, 0.1) is 11.5 Å². The zero-order valence-electron chi connectivity index (χ0n) is 21.5. The molecule has 7 heteroatoms. The number of carbonyl (C=O) groups excluding carboxylic acids is 3. The van der Waals surface area contributed by atoms with Gasteiger partial charge in [-0.25, -0.2) is 14.5 Å². The summed E-state index contributed by atoms with van der Waals surface area (Å²) in [6, 6.07) is 16.3. The number of benzene rings is 2. The normalized spacial score (nSPS) is 18.1. The van der Waals surface area contributed by atoms with Crippen LogP contribution in [0.15, 0.2) is 67.3 Å². The molecule has 2 unspecified atom stereocenters. The van der Waals surface area contributed by atoms with Gasteiger partial charge < -0.3 is 14.8 Å². The highest BCUT2D eigenvalue weighted by Gasteiger charge is 2.62. The van der Waals surface area contributed by atoms with E-state index in [4.69, 9.17) is 9.47 Å². The summed E-state index contributed by atoms with van der Waals surface area (Å²) in [5.41, 5.74) is 2.01. The van der Waals surface area contributed by atoms with Crippen LogP contribution in [0.3, 0.4) is 0 Å². The number of urea groups is 1. The second-order valence-corrected chi connectivity index (χ2v) is 9.20. The molecule has 0 spiro atoms. The third kappa shape index (κ3) is 5.68. The summed E-state index contributed by atoms with van der Waals surface area (Å²) in [5.74, 6) is -0.857. The molecule has 1 N–H and O–H groups in total. The summed E-state index contributed by atoms with van der Waals surface area (Å²) in [6.07, 6.45) is 1.36. The minimum atomic E-state index is -0.958. The first-order valence-corrected chi connectivity index (χ1v) is 12.4. The maximum absolute atomic E-state index is 13.3. The van der Waals surface area contributed by atoms with Gasteiger partial charge in [-0.15, -0.1) is 6.58 Å². The second-order valence-electron chi connectivity index (χ2n) is 9.20. The number of hydrogen-bond acceptors (Lipinski definition) is 5. The van der Waals surface area contributed by atoms with Crippen LogP contribution in [0.4, 0.5) is 4.79 Å². The van der Waals surface area contributed by atoms with Crippen molar-refractivity contribution in [3.63, 3.8) is 0 Å². The molecule has 1 saturated heterocycles. The molecule has 2 aromatic rings. The molecule has 0 aliphatic carbocycles. The highest BCUT2D eigenvalue weighted by atomic mass is 16.6. The van der Waals surface area contributed by atoms with Crippen molar-refractivity contribution in [1.82, 2.24) is 10.2 Å². The quantitative estimate of drug-likeness (QED) is 0.256. The van der Waals surface area contributed by atoms with Gasteiger partial charge in [-0.05, 0) is 44.2 Å². The number of nitrogens with zero attached hydrogens (tertiary/aromatic N) is 1. The lowest BCUT2D eigenvalue weighted by Crippen LogP contribution is -2.73. The zero-order valence-corrected chi connectivity index (χ0v) is 21.5. The molecule has 192 valence electrons. The summed E-state index contributed by atoms with van der Waals surface area (Å²) in [5, 5.41) is 2.95. The van der Waals surface area contributed by atoms with Gasteiger partial charge in [0.2, 0.25) is 5.91 Å². The van der Waals surface area contributed by atoms with E-state index in [2.05, 4.69) is 11.9 Å². The van der Waals surface area contributed by atoms with E-state index in [1.807, 2.05) is 75.4 Å². The van der Waals surface area contributed by atoms with E-state index in [1.165, 1.54) is 0 Å². The lowest BCUT2D eigenvalue weighted by Gasteiger charge is -2.54. The summed E-state index contributed by atoms with van der Waals surface area (Å²) >= 11 is 0. The van der Waals surface area contributed by atoms with Gasteiger partial charge in [-0.1, -0.05) is 80.1 Å². The molecule has 0 radical (unpaired) electrons. The Balaban J connectivity index is 1.73. The Kier molecular flexibility index (Phi) is 9.04. The van der Waals surface area contributed by atoms with E-state index in [-0.39, 0.29) is 18.6 Å².